The molecule has 28 heavy (non-hydrogen) atoms. The van der Waals surface area contributed by atoms with Crippen LogP contribution in [0.3, 0.4) is 0 Å². The van der Waals surface area contributed by atoms with Crippen molar-refractivity contribution < 1.29 is 19.0 Å². The van der Waals surface area contributed by atoms with Gasteiger partial charge in [-0.3, -0.25) is 5.32 Å². The summed E-state index contributed by atoms with van der Waals surface area (Å²) < 4.78 is 16.8. The molecule has 146 valence electrons. The van der Waals surface area contributed by atoms with E-state index in [2.05, 4.69) is 10.6 Å². The first-order valence-corrected chi connectivity index (χ1v) is 9.67. The second-order valence-corrected chi connectivity index (χ2v) is 7.19. The predicted molar refractivity (Wildman–Crippen MR) is 109 cm³/mol. The molecule has 0 aliphatic carbocycles. The summed E-state index contributed by atoms with van der Waals surface area (Å²) in [5, 5.41) is 6.84. The van der Waals surface area contributed by atoms with Crippen LogP contribution in [0.5, 0.6) is 11.5 Å². The Hall–Kier alpha value is -2.64. The highest BCUT2D eigenvalue weighted by atomic mass is 32.1. The van der Waals surface area contributed by atoms with Gasteiger partial charge in [-0.05, 0) is 42.7 Å². The summed E-state index contributed by atoms with van der Waals surface area (Å²) in [4.78, 5) is 12.4. The molecule has 3 atom stereocenters. The van der Waals surface area contributed by atoms with Crippen molar-refractivity contribution in [3.8, 4) is 11.5 Å². The fourth-order valence-corrected chi connectivity index (χ4v) is 3.95. The largest absolute Gasteiger partial charge is 0.490 e. The van der Waals surface area contributed by atoms with Gasteiger partial charge >= 0.3 is 5.97 Å². The van der Waals surface area contributed by atoms with E-state index in [9.17, 15) is 4.79 Å². The van der Waals surface area contributed by atoms with Crippen LogP contribution < -0.4 is 20.1 Å². The zero-order chi connectivity index (χ0) is 19.7. The first kappa shape index (κ1) is 18.7. The van der Waals surface area contributed by atoms with Gasteiger partial charge in [0, 0.05) is 0 Å². The number of thiocarbonyl (C=S) groups is 1. The van der Waals surface area contributed by atoms with Crippen LogP contribution >= 0.6 is 12.2 Å². The maximum atomic E-state index is 11.6. The van der Waals surface area contributed by atoms with E-state index in [4.69, 9.17) is 26.4 Å². The van der Waals surface area contributed by atoms with Crippen LogP contribution in [0.4, 0.5) is 0 Å². The second kappa shape index (κ2) is 7.77. The number of nitrogens with one attached hydrogen (secondary N) is 2. The van der Waals surface area contributed by atoms with Crippen LogP contribution in [-0.2, 0) is 11.2 Å². The molecule has 2 aliphatic rings. The van der Waals surface area contributed by atoms with Gasteiger partial charge in [0.2, 0.25) is 0 Å². The van der Waals surface area contributed by atoms with Crippen LogP contribution in [0.25, 0.3) is 0 Å². The normalized spacial score (nSPS) is 22.9. The molecular formula is C21H22N2O4S. The Balaban J connectivity index is 1.56. The number of carbonyl (C=O) groups excluding carboxylic acids is 1. The number of methoxy groups -OCH3 is 1. The van der Waals surface area contributed by atoms with Crippen LogP contribution in [0.1, 0.15) is 34.6 Å². The van der Waals surface area contributed by atoms with Crippen molar-refractivity contribution in [1.29, 1.82) is 0 Å². The molecule has 0 spiro atoms. The van der Waals surface area contributed by atoms with Crippen LogP contribution in [0.15, 0.2) is 42.5 Å². The lowest BCUT2D eigenvalue weighted by molar-refractivity contribution is 0.0600. The zero-order valence-electron chi connectivity index (χ0n) is 15.7. The van der Waals surface area contributed by atoms with E-state index in [1.807, 2.05) is 37.3 Å². The highest BCUT2D eigenvalue weighted by molar-refractivity contribution is 7.80. The highest BCUT2D eigenvalue weighted by Crippen LogP contribution is 2.40. The number of hydrogen-bond donors (Lipinski definition) is 2. The van der Waals surface area contributed by atoms with E-state index in [-0.39, 0.29) is 24.3 Å². The van der Waals surface area contributed by atoms with Gasteiger partial charge in [-0.15, -0.1) is 0 Å². The molecule has 2 aliphatic heterocycles. The number of rotatable bonds is 4. The van der Waals surface area contributed by atoms with E-state index < -0.39 is 0 Å². The van der Waals surface area contributed by atoms with Crippen LogP contribution in [-0.4, -0.2) is 30.9 Å². The highest BCUT2D eigenvalue weighted by Gasteiger charge is 2.40. The third kappa shape index (κ3) is 3.43. The third-order valence-corrected chi connectivity index (χ3v) is 5.45. The summed E-state index contributed by atoms with van der Waals surface area (Å²) in [5.74, 6) is 1.22. The lowest BCUT2D eigenvalue weighted by Crippen LogP contribution is -2.60. The molecule has 4 rings (SSSR count). The van der Waals surface area contributed by atoms with Crippen molar-refractivity contribution in [2.45, 2.75) is 25.7 Å². The molecule has 2 heterocycles. The molecule has 1 fully saturated rings. The third-order valence-electron chi connectivity index (χ3n) is 5.03. The van der Waals surface area contributed by atoms with Gasteiger partial charge in [-0.1, -0.05) is 36.5 Å². The number of hydrogen-bond acceptors (Lipinski definition) is 6. The van der Waals surface area contributed by atoms with Gasteiger partial charge in [-0.2, -0.15) is 0 Å². The molecule has 0 saturated carbocycles. The summed E-state index contributed by atoms with van der Waals surface area (Å²) in [6.45, 7) is 2.54. The number of fused-ring (bicyclic) bond motifs is 2. The summed E-state index contributed by atoms with van der Waals surface area (Å²) in [6.07, 6.45) is 0.322. The minimum absolute atomic E-state index is 0.0463. The molecule has 7 heteroatoms. The van der Waals surface area contributed by atoms with E-state index >= 15 is 0 Å². The van der Waals surface area contributed by atoms with Crippen molar-refractivity contribution in [1.82, 2.24) is 10.6 Å². The number of ether oxygens (including phenoxy) is 3. The fourth-order valence-electron chi connectivity index (χ4n) is 3.62. The van der Waals surface area contributed by atoms with Gasteiger partial charge in [0.15, 0.2) is 17.7 Å². The minimum Gasteiger partial charge on any atom is -0.490 e. The van der Waals surface area contributed by atoms with Gasteiger partial charge in [0.1, 0.15) is 6.17 Å². The van der Waals surface area contributed by atoms with E-state index in [0.717, 1.165) is 34.0 Å². The molecule has 0 amide bonds. The second-order valence-electron chi connectivity index (χ2n) is 6.75. The number of benzene rings is 2. The molecule has 0 radical (unpaired) electrons. The summed E-state index contributed by atoms with van der Waals surface area (Å²) in [7, 11) is 1.37. The average Bonchev–Trinajstić information content (AvgIpc) is 2.73. The van der Waals surface area contributed by atoms with Crippen LogP contribution in [0.2, 0.25) is 0 Å². The first-order valence-electron chi connectivity index (χ1n) is 9.26. The molecule has 0 bridgehead atoms. The summed E-state index contributed by atoms with van der Waals surface area (Å²) >= 11 is 5.64. The molecule has 6 nitrogen and oxygen atoms in total. The molecule has 2 aromatic carbocycles. The maximum Gasteiger partial charge on any atom is 0.337 e. The van der Waals surface area contributed by atoms with Crippen molar-refractivity contribution in [3.63, 3.8) is 0 Å². The Morgan fingerprint density at radius 1 is 1.25 bits per heavy atom. The van der Waals surface area contributed by atoms with Crippen molar-refractivity contribution in [2.24, 2.45) is 5.92 Å². The molecular weight excluding hydrogens is 376 g/mol. The number of para-hydroxylation sites is 1. The van der Waals surface area contributed by atoms with Crippen LogP contribution in [0, 0.1) is 5.92 Å². The van der Waals surface area contributed by atoms with E-state index in [0.29, 0.717) is 12.2 Å². The van der Waals surface area contributed by atoms with Gasteiger partial charge < -0.3 is 19.5 Å². The lowest BCUT2D eigenvalue weighted by Gasteiger charge is -2.42. The Morgan fingerprint density at radius 3 is 2.75 bits per heavy atom. The standard InChI is InChI=1S/C21H22N2O4S/c1-3-26-16-6-4-5-14-11-15-19(27-17(14)16)22-18(23-20(15)28)12-7-9-13(10-8-12)21(24)25-2/h4-10,15,18-19,22H,3,11H2,1-2H3,(H,23,28). The summed E-state index contributed by atoms with van der Waals surface area (Å²) in [6, 6.07) is 13.2. The lowest BCUT2D eigenvalue weighted by atomic mass is 9.91. The molecule has 3 unspecified atom stereocenters. The first-order chi connectivity index (χ1) is 13.6. The smallest absolute Gasteiger partial charge is 0.337 e. The van der Waals surface area contributed by atoms with E-state index in [1.54, 1.807) is 12.1 Å². The Kier molecular flexibility index (Phi) is 5.19. The minimum atomic E-state index is -0.359. The molecule has 2 aromatic rings. The van der Waals surface area contributed by atoms with Gasteiger partial charge in [-0.25, -0.2) is 4.79 Å². The Morgan fingerprint density at radius 2 is 2.04 bits per heavy atom. The predicted octanol–water partition coefficient (Wildman–Crippen LogP) is 2.97. The van der Waals surface area contributed by atoms with Crippen molar-refractivity contribution in [2.75, 3.05) is 13.7 Å². The quantitative estimate of drug-likeness (QED) is 0.606. The Labute approximate surface area is 169 Å². The molecule has 0 aromatic heterocycles. The van der Waals surface area contributed by atoms with Gasteiger partial charge in [0.05, 0.1) is 30.2 Å². The van der Waals surface area contributed by atoms with Crippen molar-refractivity contribution >= 4 is 23.2 Å². The van der Waals surface area contributed by atoms with Crippen molar-refractivity contribution in [3.05, 3.63) is 59.2 Å². The van der Waals surface area contributed by atoms with Gasteiger partial charge in [0.25, 0.3) is 0 Å². The zero-order valence-corrected chi connectivity index (χ0v) is 16.5. The SMILES string of the molecule is CCOc1cccc2c1OC1NC(c3ccc(C(=O)OC)cc3)NC(=S)C1C2. The monoisotopic (exact) mass is 398 g/mol. The summed E-state index contributed by atoms with van der Waals surface area (Å²) in [5.41, 5.74) is 2.56. The van der Waals surface area contributed by atoms with E-state index in [1.165, 1.54) is 7.11 Å². The molecule has 2 N–H and O–H groups in total. The average molecular weight is 398 g/mol. The maximum absolute atomic E-state index is 11.6. The topological polar surface area (TPSA) is 68.8 Å². The Bertz CT molecular complexity index is 900. The number of carbonyl (C=O) groups is 1. The molecule has 1 saturated heterocycles. The number of esters is 1. The fraction of sp³-hybridized carbons (Fsp3) is 0.333.